The lowest BCUT2D eigenvalue weighted by molar-refractivity contribution is 0.662. The molecule has 0 saturated heterocycles. The average Bonchev–Trinajstić information content (AvgIpc) is 3.16. The highest BCUT2D eigenvalue weighted by Crippen LogP contribution is 2.33. The van der Waals surface area contributed by atoms with E-state index >= 15 is 0 Å². The van der Waals surface area contributed by atoms with Crippen LogP contribution < -0.4 is 16.1 Å². The van der Waals surface area contributed by atoms with E-state index in [9.17, 15) is 9.59 Å². The van der Waals surface area contributed by atoms with E-state index in [1.54, 1.807) is 13.1 Å². The molecule has 0 atom stereocenters. The highest BCUT2D eigenvalue weighted by atomic mass is 16.2. The van der Waals surface area contributed by atoms with Crippen molar-refractivity contribution in [3.63, 3.8) is 0 Å². The summed E-state index contributed by atoms with van der Waals surface area (Å²) in [7, 11) is 1.64. The molecule has 3 heterocycles. The highest BCUT2D eigenvalue weighted by molar-refractivity contribution is 5.78. The number of aromatic nitrogens is 4. The Bertz CT molecular complexity index is 1120. The van der Waals surface area contributed by atoms with Crippen LogP contribution in [-0.2, 0) is 20.1 Å². The maximum atomic E-state index is 12.8. The zero-order valence-corrected chi connectivity index (χ0v) is 14.3. The van der Waals surface area contributed by atoms with Crippen LogP contribution in [-0.4, -0.2) is 25.2 Å². The zero-order chi connectivity index (χ0) is 17.7. The van der Waals surface area contributed by atoms with Crippen LogP contribution >= 0.6 is 0 Å². The summed E-state index contributed by atoms with van der Waals surface area (Å²) >= 11 is 0. The van der Waals surface area contributed by atoms with Crippen LogP contribution in [0, 0.1) is 6.92 Å². The van der Waals surface area contributed by atoms with Crippen molar-refractivity contribution >= 4 is 22.8 Å². The first-order valence-electron chi connectivity index (χ1n) is 8.18. The first kappa shape index (κ1) is 15.4. The minimum atomic E-state index is -0.378. The second kappa shape index (κ2) is 5.47. The number of aryl methyl sites for hydroxylation is 2. The molecule has 3 aromatic rings. The summed E-state index contributed by atoms with van der Waals surface area (Å²) in [5.74, 6) is 0.702. The van der Waals surface area contributed by atoms with E-state index in [1.165, 1.54) is 9.13 Å². The van der Waals surface area contributed by atoms with Crippen molar-refractivity contribution in [1.82, 2.24) is 18.7 Å². The molecule has 0 saturated carbocycles. The summed E-state index contributed by atoms with van der Waals surface area (Å²) in [6.45, 7) is 7.26. The van der Waals surface area contributed by atoms with Crippen LogP contribution in [0.5, 0.6) is 0 Å². The van der Waals surface area contributed by atoms with Gasteiger partial charge in [0.1, 0.15) is 0 Å². The quantitative estimate of drug-likeness (QED) is 0.680. The number of imidazole rings is 1. The third-order valence-electron chi connectivity index (χ3n) is 4.72. The zero-order valence-electron chi connectivity index (χ0n) is 14.3. The molecule has 1 aliphatic rings. The number of rotatable bonds is 3. The molecule has 0 unspecified atom stereocenters. The van der Waals surface area contributed by atoms with Crippen molar-refractivity contribution in [3.05, 3.63) is 63.3 Å². The Kier molecular flexibility index (Phi) is 3.38. The van der Waals surface area contributed by atoms with Gasteiger partial charge in [-0.1, -0.05) is 24.3 Å². The summed E-state index contributed by atoms with van der Waals surface area (Å²) in [5.41, 5.74) is 2.40. The molecule has 7 nitrogen and oxygen atoms in total. The van der Waals surface area contributed by atoms with Gasteiger partial charge in [0, 0.05) is 32.4 Å². The fraction of sp³-hybridized carbons (Fsp3) is 0.278. The van der Waals surface area contributed by atoms with E-state index in [0.29, 0.717) is 23.7 Å². The molecule has 128 valence electrons. The summed E-state index contributed by atoms with van der Waals surface area (Å²) in [6, 6.07) is 8.07. The molecule has 25 heavy (non-hydrogen) atoms. The molecule has 7 heteroatoms. The Labute approximate surface area is 144 Å². The van der Waals surface area contributed by atoms with E-state index in [2.05, 4.69) is 16.5 Å². The second-order valence-corrected chi connectivity index (χ2v) is 6.22. The number of hydrogen-bond donors (Lipinski definition) is 0. The largest absolute Gasteiger partial charge is 0.332 e. The van der Waals surface area contributed by atoms with Gasteiger partial charge in [-0.25, -0.2) is 4.79 Å². The molecule has 1 aliphatic heterocycles. The fourth-order valence-corrected chi connectivity index (χ4v) is 3.46. The van der Waals surface area contributed by atoms with Crippen molar-refractivity contribution in [3.8, 4) is 0 Å². The maximum absolute atomic E-state index is 12.8. The number of anilines is 2. The predicted octanol–water partition coefficient (Wildman–Crippen LogP) is 1.54. The molecular formula is C18H19N5O2. The number of fused-ring (bicyclic) bond motifs is 3. The van der Waals surface area contributed by atoms with Crippen LogP contribution in [0.25, 0.3) is 11.2 Å². The Balaban J connectivity index is 2.01. The van der Waals surface area contributed by atoms with Gasteiger partial charge in [0.15, 0.2) is 11.2 Å². The monoisotopic (exact) mass is 337 g/mol. The third-order valence-corrected chi connectivity index (χ3v) is 4.72. The van der Waals surface area contributed by atoms with E-state index in [1.807, 2.05) is 35.8 Å². The first-order chi connectivity index (χ1) is 12.0. The van der Waals surface area contributed by atoms with Crippen molar-refractivity contribution in [2.24, 2.45) is 7.05 Å². The van der Waals surface area contributed by atoms with Gasteiger partial charge in [-0.3, -0.25) is 13.9 Å². The average molecular weight is 337 g/mol. The molecule has 0 fully saturated rings. The van der Waals surface area contributed by atoms with Crippen LogP contribution in [0.3, 0.4) is 0 Å². The molecule has 4 rings (SSSR count). The number of para-hydroxylation sites is 1. The summed E-state index contributed by atoms with van der Waals surface area (Å²) in [6.07, 6.45) is 1.55. The SMILES string of the molecule is C=CCn1c(=O)c2c(nc3n2CCN3c2ccccc2C)n(C)c1=O. The van der Waals surface area contributed by atoms with E-state index in [4.69, 9.17) is 0 Å². The molecule has 0 radical (unpaired) electrons. The number of benzene rings is 1. The second-order valence-electron chi connectivity index (χ2n) is 6.22. The van der Waals surface area contributed by atoms with Gasteiger partial charge in [0.2, 0.25) is 5.95 Å². The van der Waals surface area contributed by atoms with E-state index in [0.717, 1.165) is 17.8 Å². The molecule has 0 N–H and O–H groups in total. The highest BCUT2D eigenvalue weighted by Gasteiger charge is 2.29. The summed E-state index contributed by atoms with van der Waals surface area (Å²) in [4.78, 5) is 32.0. The molecular weight excluding hydrogens is 318 g/mol. The first-order valence-corrected chi connectivity index (χ1v) is 8.18. The van der Waals surface area contributed by atoms with Crippen LogP contribution in [0.4, 0.5) is 11.6 Å². The van der Waals surface area contributed by atoms with Gasteiger partial charge in [-0.05, 0) is 18.6 Å². The smallest absolute Gasteiger partial charge is 0.310 e. The van der Waals surface area contributed by atoms with Gasteiger partial charge in [-0.15, -0.1) is 6.58 Å². The summed E-state index contributed by atoms with van der Waals surface area (Å²) in [5, 5.41) is 0. The van der Waals surface area contributed by atoms with Crippen LogP contribution in [0.2, 0.25) is 0 Å². The van der Waals surface area contributed by atoms with Gasteiger partial charge in [0.05, 0.1) is 0 Å². The molecule has 0 bridgehead atoms. The third kappa shape index (κ3) is 2.08. The fourth-order valence-electron chi connectivity index (χ4n) is 3.46. The topological polar surface area (TPSA) is 65.1 Å². The van der Waals surface area contributed by atoms with Gasteiger partial charge in [0.25, 0.3) is 5.56 Å². The van der Waals surface area contributed by atoms with Crippen molar-refractivity contribution in [1.29, 1.82) is 0 Å². The summed E-state index contributed by atoms with van der Waals surface area (Å²) < 4.78 is 4.53. The molecule has 0 amide bonds. The van der Waals surface area contributed by atoms with Crippen molar-refractivity contribution < 1.29 is 0 Å². The molecule has 0 aliphatic carbocycles. The Morgan fingerprint density at radius 1 is 1.24 bits per heavy atom. The predicted molar refractivity (Wildman–Crippen MR) is 97.6 cm³/mol. The Morgan fingerprint density at radius 2 is 2.00 bits per heavy atom. The minimum absolute atomic E-state index is 0.184. The normalized spacial score (nSPS) is 13.4. The molecule has 0 spiro atoms. The van der Waals surface area contributed by atoms with E-state index in [-0.39, 0.29) is 17.8 Å². The van der Waals surface area contributed by atoms with Gasteiger partial charge >= 0.3 is 5.69 Å². The lowest BCUT2D eigenvalue weighted by Gasteiger charge is -2.18. The Hall–Kier alpha value is -3.09. The number of hydrogen-bond acceptors (Lipinski definition) is 4. The van der Waals surface area contributed by atoms with Crippen molar-refractivity contribution in [2.75, 3.05) is 11.4 Å². The van der Waals surface area contributed by atoms with Gasteiger partial charge < -0.3 is 9.47 Å². The van der Waals surface area contributed by atoms with Crippen LogP contribution in [0.1, 0.15) is 5.56 Å². The molecule has 2 aromatic heterocycles. The lowest BCUT2D eigenvalue weighted by atomic mass is 10.2. The van der Waals surface area contributed by atoms with Crippen LogP contribution in [0.15, 0.2) is 46.5 Å². The van der Waals surface area contributed by atoms with Crippen molar-refractivity contribution in [2.45, 2.75) is 20.0 Å². The number of nitrogens with zero attached hydrogens (tertiary/aromatic N) is 5. The molecule has 1 aromatic carbocycles. The Morgan fingerprint density at radius 3 is 2.72 bits per heavy atom. The minimum Gasteiger partial charge on any atom is -0.310 e. The van der Waals surface area contributed by atoms with E-state index < -0.39 is 0 Å². The maximum Gasteiger partial charge on any atom is 0.332 e. The lowest BCUT2D eigenvalue weighted by Crippen LogP contribution is -2.39. The number of allylic oxidation sites excluding steroid dienone is 1. The van der Waals surface area contributed by atoms with Gasteiger partial charge in [-0.2, -0.15) is 4.98 Å². The standard InChI is InChI=1S/C18H19N5O2/c1-4-9-23-16(24)14-15(20(3)18(23)25)19-17-21(10-11-22(14)17)13-8-6-5-7-12(13)2/h4-8H,1,9-11H2,2-3H3.